The highest BCUT2D eigenvalue weighted by Gasteiger charge is 2.31. The predicted octanol–water partition coefficient (Wildman–Crippen LogP) is 21.5. The van der Waals surface area contributed by atoms with Crippen LogP contribution < -0.4 is 14.2 Å². The molecule has 6 heterocycles. The van der Waals surface area contributed by atoms with Crippen molar-refractivity contribution < 1.29 is 61.6 Å². The maximum absolute atomic E-state index is 13.4. The Morgan fingerprint density at radius 1 is 0.349 bits per heavy atom. The molecule has 21 rings (SSSR count). The molecule has 642 valence electrons. The third kappa shape index (κ3) is 18.8. The minimum Gasteiger partial charge on any atom is -0.496 e. The van der Waals surface area contributed by atoms with Gasteiger partial charge in [0.15, 0.2) is 52.0 Å². The Balaban J connectivity index is 0.000000113. The largest absolute Gasteiger partial charge is 0.496 e. The fraction of sp³-hybridized carbons (Fsp3) is 0.135. The van der Waals surface area contributed by atoms with Crippen LogP contribution in [0.3, 0.4) is 0 Å². The number of H-pyrrole nitrogens is 5. The number of aromatic nitrogens is 10. The number of aromatic amines is 5. The average Bonchev–Trinajstić information content (AvgIpc) is 1.77. The summed E-state index contributed by atoms with van der Waals surface area (Å²) < 4.78 is 55.5. The first-order valence-corrected chi connectivity index (χ1v) is 42.1. The lowest BCUT2D eigenvalue weighted by molar-refractivity contribution is 0.103. The zero-order chi connectivity index (χ0) is 90.0. The van der Waals surface area contributed by atoms with Crippen LogP contribution in [0.15, 0.2) is 240 Å². The average molecular weight is 1760 g/mol. The molecule has 0 fully saturated rings. The van der Waals surface area contributed by atoms with Gasteiger partial charge in [-0.1, -0.05) is 148 Å². The first-order valence-electron chi connectivity index (χ1n) is 41.3. The summed E-state index contributed by atoms with van der Waals surface area (Å²) in [5, 5.41) is 56.2. The van der Waals surface area contributed by atoms with Crippen molar-refractivity contribution in [3.05, 3.63) is 391 Å². The molecule has 25 heteroatoms. The van der Waals surface area contributed by atoms with Crippen LogP contribution in [0.4, 0.5) is 13.2 Å². The highest BCUT2D eigenvalue weighted by atomic mass is 35.5. The second-order valence-electron chi connectivity index (χ2n) is 32.2. The number of aliphatic hydroxyl groups is 2. The van der Waals surface area contributed by atoms with E-state index in [9.17, 15) is 47.4 Å². The third-order valence-electron chi connectivity index (χ3n) is 22.9. The monoisotopic (exact) mass is 1760 g/mol. The molecule has 0 bridgehead atoms. The first kappa shape index (κ1) is 86.1. The van der Waals surface area contributed by atoms with Gasteiger partial charge in [-0.05, 0) is 214 Å². The van der Waals surface area contributed by atoms with Crippen molar-refractivity contribution in [2.24, 2.45) is 0 Å². The number of Topliss-reactive ketones (excluding diaryl/α,β-unsaturated/α-hetero) is 5. The molecule has 0 saturated heterocycles. The van der Waals surface area contributed by atoms with Crippen LogP contribution in [0.25, 0.3) is 86.7 Å². The Hall–Kier alpha value is -15.0. The second kappa shape index (κ2) is 36.9. The van der Waals surface area contributed by atoms with Crippen LogP contribution in [-0.4, -0.2) is 104 Å². The van der Waals surface area contributed by atoms with E-state index in [0.29, 0.717) is 87.2 Å². The van der Waals surface area contributed by atoms with E-state index in [1.807, 2.05) is 174 Å². The van der Waals surface area contributed by atoms with E-state index in [4.69, 9.17) is 37.4 Å². The van der Waals surface area contributed by atoms with E-state index in [1.54, 1.807) is 48.5 Å². The number of halogens is 5. The summed E-state index contributed by atoms with van der Waals surface area (Å²) in [5.41, 5.74) is 30.8. The van der Waals surface area contributed by atoms with Crippen molar-refractivity contribution in [3.8, 4) is 73.5 Å². The molecule has 0 unspecified atom stereocenters. The van der Waals surface area contributed by atoms with Gasteiger partial charge in [0.2, 0.25) is 6.79 Å². The number of hydrogen-bond acceptors (Lipinski definition) is 15. The maximum atomic E-state index is 13.4. The van der Waals surface area contributed by atoms with Crippen molar-refractivity contribution >= 4 is 82.5 Å². The van der Waals surface area contributed by atoms with E-state index in [-0.39, 0.29) is 54.7 Å². The van der Waals surface area contributed by atoms with E-state index < -0.39 is 11.6 Å². The number of allylic oxidation sites excluding steroid dienone is 5. The number of benzene rings is 10. The Bertz CT molecular complexity index is 7030. The van der Waals surface area contributed by atoms with Crippen LogP contribution in [0.5, 0.6) is 17.2 Å². The van der Waals surface area contributed by atoms with E-state index in [1.165, 1.54) is 30.9 Å². The summed E-state index contributed by atoms with van der Waals surface area (Å²) >= 11 is 12.0. The zero-order valence-corrected chi connectivity index (χ0v) is 72.0. The normalized spacial score (nSPS) is 15.2. The number of ether oxygens (including phenoxy) is 3. The molecule has 5 aromatic heterocycles. The molecular formula is C104H81Cl2F3N10O10. The number of ketones is 5. The topological polar surface area (TPSA) is 297 Å². The molecule has 7 N–H and O–H groups in total. The van der Waals surface area contributed by atoms with Crippen molar-refractivity contribution in [2.75, 3.05) is 13.9 Å². The summed E-state index contributed by atoms with van der Waals surface area (Å²) in [7, 11) is 1.52. The molecule has 15 aromatic rings. The third-order valence-corrected chi connectivity index (χ3v) is 23.7. The molecule has 10 aromatic carbocycles. The SMILES string of the molecule is COc1cc(-c2cc(/C=C3\Cc4cc(C)ccc4C3=O)[nH]n2)cc(CO)c1CO.Cc1ccc2c(c1)C/C(=C\c1cc(-c3ccc(Cl)c(Cl)c3)n[nH]1)C2=O.Cc1ccc2c(c1)C/C(=C\c1cc(-c3ccc(F)c(F)c3)n[nH]1)C2=O.Cc1ccc2c(c1)C/C(=C\c1cc(-c3ccc(F)cc3)n[nH]1)C2=O.Cc1ccc2c(c1)C/C(=C\c1cc(-c3ccc4c(c3)OCO4)n[nH]1)C2=O. The minimum absolute atomic E-state index is 0.0129. The molecule has 129 heavy (non-hydrogen) atoms. The fourth-order valence-electron chi connectivity index (χ4n) is 16.4. The number of methoxy groups -OCH3 is 1. The van der Waals surface area contributed by atoms with Crippen LogP contribution in [-0.2, 0) is 45.3 Å². The van der Waals surface area contributed by atoms with Gasteiger partial charge in [0.25, 0.3) is 0 Å². The number of aliphatic hydroxyl groups excluding tert-OH is 2. The number of nitrogens with zero attached hydrogens (tertiary/aromatic N) is 5. The van der Waals surface area contributed by atoms with Crippen molar-refractivity contribution in [1.82, 2.24) is 51.0 Å². The molecule has 0 spiro atoms. The van der Waals surface area contributed by atoms with Crippen molar-refractivity contribution in [3.63, 3.8) is 0 Å². The Labute approximate surface area is 748 Å². The van der Waals surface area contributed by atoms with Crippen LogP contribution in [0.2, 0.25) is 10.0 Å². The van der Waals surface area contributed by atoms with E-state index >= 15 is 0 Å². The molecule has 20 nitrogen and oxygen atoms in total. The van der Waals surface area contributed by atoms with Crippen LogP contribution in [0, 0.1) is 52.1 Å². The molecule has 5 aliphatic carbocycles. The molecular weight excluding hydrogens is 1680 g/mol. The summed E-state index contributed by atoms with van der Waals surface area (Å²) in [6.45, 7) is 9.92. The summed E-state index contributed by atoms with van der Waals surface area (Å²) in [6.07, 6.45) is 12.3. The lowest BCUT2D eigenvalue weighted by atomic mass is 10.0. The van der Waals surface area contributed by atoms with Gasteiger partial charge in [-0.25, -0.2) is 13.2 Å². The van der Waals surface area contributed by atoms with Crippen LogP contribution >= 0.6 is 23.2 Å². The second-order valence-corrected chi connectivity index (χ2v) is 33.0. The van der Waals surface area contributed by atoms with Gasteiger partial charge in [0.1, 0.15) is 11.6 Å². The summed E-state index contributed by atoms with van der Waals surface area (Å²) in [6, 6.07) is 63.3. The standard InChI is InChI=1S/C23H22N2O4.C21H16N2O3.C20H14Cl2N2O.C20H14F2N2O.C20H15FN2O/c1-13-3-4-19-14(5-13)6-16(23(19)28)8-18-10-21(25-24-18)15-7-17(11-26)20(12-27)22(9-15)29-2;1-12-2-4-17-14(6-12)7-15(21(17)24)8-16-10-18(23-22-16)13-3-5-19-20(9-13)26-11-25-19;2*1-11-2-4-16-13(6-11)7-14(20(16)25)8-15-10-19(24-23-15)12-3-5-17(21)18(22)9-12;1-12-2-7-18-14(8-12)9-15(20(18)24)10-17-11-19(23-22-17)13-3-5-16(21)6-4-13/h3-5,7-10,26-27H,6,11-12H2,1-2H3,(H,24,25);2-6,8-10H,7,11H2,1H3,(H,22,23);2*2-6,8-10H,7H2,1H3,(H,23,24);2-8,10-11H,9H2,1H3,(H,22,23)/b16-8+;15-8+;2*14-8+;15-10+. The Morgan fingerprint density at radius 2 is 0.682 bits per heavy atom. The number of rotatable bonds is 13. The highest BCUT2D eigenvalue weighted by Crippen LogP contribution is 2.40. The molecule has 0 saturated carbocycles. The molecule has 0 amide bonds. The van der Waals surface area contributed by atoms with Gasteiger partial charge in [0, 0.05) is 121 Å². The molecule has 0 atom stereocenters. The van der Waals surface area contributed by atoms with Gasteiger partial charge >= 0.3 is 0 Å². The highest BCUT2D eigenvalue weighted by molar-refractivity contribution is 6.42. The summed E-state index contributed by atoms with van der Waals surface area (Å²) in [5.74, 6) is 0.186. The maximum Gasteiger partial charge on any atom is 0.231 e. The predicted molar refractivity (Wildman–Crippen MR) is 490 cm³/mol. The van der Waals surface area contributed by atoms with Gasteiger partial charge in [-0.2, -0.15) is 25.5 Å². The van der Waals surface area contributed by atoms with Gasteiger partial charge in [-0.3, -0.25) is 49.5 Å². The quantitative estimate of drug-likeness (QED) is 0.0528. The lowest BCUT2D eigenvalue weighted by Gasteiger charge is -2.12. The van der Waals surface area contributed by atoms with Crippen LogP contribution in [0.1, 0.15) is 147 Å². The Morgan fingerprint density at radius 3 is 1.04 bits per heavy atom. The minimum atomic E-state index is -0.919. The fourth-order valence-corrected chi connectivity index (χ4v) is 16.7. The molecule has 6 aliphatic rings. The van der Waals surface area contributed by atoms with Gasteiger partial charge < -0.3 is 24.4 Å². The van der Waals surface area contributed by atoms with Crippen molar-refractivity contribution in [2.45, 2.75) is 79.9 Å². The summed E-state index contributed by atoms with van der Waals surface area (Å²) in [4.78, 5) is 62.7. The van der Waals surface area contributed by atoms with Gasteiger partial charge in [0.05, 0.1) is 87.3 Å². The number of carbonyl (C=O) groups excluding carboxylic acids is 5. The Kier molecular flexibility index (Phi) is 24.6. The smallest absolute Gasteiger partial charge is 0.231 e. The number of nitrogens with one attached hydrogen (secondary N) is 5. The van der Waals surface area contributed by atoms with Crippen molar-refractivity contribution in [1.29, 1.82) is 0 Å². The number of carbonyl (C=O) groups is 5. The number of aryl methyl sites for hydroxylation is 5. The lowest BCUT2D eigenvalue weighted by Crippen LogP contribution is -1.99. The molecule has 0 radical (unpaired) electrons. The van der Waals surface area contributed by atoms with E-state index in [0.717, 1.165) is 186 Å². The van der Waals surface area contributed by atoms with Gasteiger partial charge in [-0.15, -0.1) is 0 Å². The zero-order valence-electron chi connectivity index (χ0n) is 70.5. The first-order chi connectivity index (χ1) is 62.3. The molecule has 1 aliphatic heterocycles. The number of hydrogen-bond donors (Lipinski definition) is 7. The van der Waals surface area contributed by atoms with E-state index in [2.05, 4.69) is 75.3 Å². The number of fused-ring (bicyclic) bond motifs is 6.